The van der Waals surface area contributed by atoms with Gasteiger partial charge < -0.3 is 24.2 Å². The fourth-order valence-electron chi connectivity index (χ4n) is 4.07. The zero-order chi connectivity index (χ0) is 22.7. The summed E-state index contributed by atoms with van der Waals surface area (Å²) in [5.41, 5.74) is -1.17. The van der Waals surface area contributed by atoms with E-state index in [0.29, 0.717) is 25.9 Å². The number of aromatic hydroxyl groups is 1. The van der Waals surface area contributed by atoms with Crippen LogP contribution < -0.4 is 5.56 Å². The smallest absolute Gasteiger partial charge is 0.410 e. The topological polar surface area (TPSA) is 120 Å². The first-order chi connectivity index (χ1) is 15.4. The third kappa shape index (κ3) is 4.05. The van der Waals surface area contributed by atoms with E-state index in [1.54, 1.807) is 11.8 Å². The molecule has 2 aliphatic heterocycles. The fraction of sp³-hybridized carbons (Fsp3) is 0.455. The maximum Gasteiger partial charge on any atom is 0.410 e. The van der Waals surface area contributed by atoms with Gasteiger partial charge >= 0.3 is 12.1 Å². The number of fused-ring (bicyclic) bond motifs is 2. The highest BCUT2D eigenvalue weighted by Crippen LogP contribution is 2.38. The van der Waals surface area contributed by atoms with Gasteiger partial charge in [-0.15, -0.1) is 0 Å². The van der Waals surface area contributed by atoms with Crippen LogP contribution in [0.2, 0.25) is 0 Å². The highest BCUT2D eigenvalue weighted by atomic mass is 16.6. The normalized spacial score (nSPS) is 17.0. The quantitative estimate of drug-likeness (QED) is 0.710. The lowest BCUT2D eigenvalue weighted by molar-refractivity contribution is -0.115. The molecule has 1 spiro atoms. The van der Waals surface area contributed by atoms with Gasteiger partial charge in [0.2, 0.25) is 5.75 Å². The highest BCUT2D eigenvalue weighted by molar-refractivity contribution is 5.90. The van der Waals surface area contributed by atoms with Crippen LogP contribution in [0, 0.1) is 0 Å². The van der Waals surface area contributed by atoms with E-state index < -0.39 is 34.7 Å². The number of rotatable bonds is 4. The van der Waals surface area contributed by atoms with Crippen LogP contribution in [0.3, 0.4) is 0 Å². The van der Waals surface area contributed by atoms with Crippen molar-refractivity contribution < 1.29 is 28.9 Å². The molecule has 3 heterocycles. The number of amides is 1. The molecule has 2 aromatic rings. The number of hydrogen-bond acceptors (Lipinski definition) is 8. The highest BCUT2D eigenvalue weighted by Gasteiger charge is 2.45. The summed E-state index contributed by atoms with van der Waals surface area (Å²) >= 11 is 0. The molecule has 1 amide bonds. The lowest BCUT2D eigenvalue weighted by Crippen LogP contribution is -2.52. The predicted octanol–water partition coefficient (Wildman–Crippen LogP) is 1.78. The van der Waals surface area contributed by atoms with E-state index in [0.717, 1.165) is 5.56 Å². The Morgan fingerprint density at radius 1 is 1.16 bits per heavy atom. The third-order valence-electron chi connectivity index (χ3n) is 5.75. The molecular formula is C22H25N3O7. The summed E-state index contributed by atoms with van der Waals surface area (Å²) in [6.45, 7) is 3.02. The summed E-state index contributed by atoms with van der Waals surface area (Å²) in [4.78, 5) is 43.3. The van der Waals surface area contributed by atoms with E-state index in [-0.39, 0.29) is 32.2 Å². The molecular weight excluding hydrogens is 418 g/mol. The Bertz CT molecular complexity index is 1060. The minimum absolute atomic E-state index is 0.0834. The van der Waals surface area contributed by atoms with Crippen molar-refractivity contribution in [3.63, 3.8) is 0 Å². The van der Waals surface area contributed by atoms with Crippen LogP contribution in [-0.4, -0.2) is 57.9 Å². The molecule has 0 bridgehead atoms. The number of piperidine rings is 1. The molecule has 1 N–H and O–H groups in total. The fourth-order valence-corrected chi connectivity index (χ4v) is 4.07. The molecule has 10 nitrogen and oxygen atoms in total. The van der Waals surface area contributed by atoms with Crippen molar-refractivity contribution >= 4 is 12.1 Å². The molecule has 170 valence electrons. The van der Waals surface area contributed by atoms with E-state index >= 15 is 0 Å². The van der Waals surface area contributed by atoms with Gasteiger partial charge in [0.1, 0.15) is 18.0 Å². The summed E-state index contributed by atoms with van der Waals surface area (Å²) in [7, 11) is 0. The average Bonchev–Trinajstić information content (AvgIpc) is 2.81. The molecule has 32 heavy (non-hydrogen) atoms. The molecule has 0 radical (unpaired) electrons. The van der Waals surface area contributed by atoms with E-state index in [1.165, 1.54) is 4.57 Å². The maximum atomic E-state index is 12.7. The van der Waals surface area contributed by atoms with Gasteiger partial charge in [0.15, 0.2) is 5.69 Å². The Balaban J connectivity index is 1.51. The van der Waals surface area contributed by atoms with Crippen molar-refractivity contribution in [2.24, 2.45) is 0 Å². The molecule has 0 aliphatic carbocycles. The second-order valence-corrected chi connectivity index (χ2v) is 7.68. The minimum atomic E-state index is -0.942. The number of nitrogens with zero attached hydrogens (tertiary/aromatic N) is 3. The second kappa shape index (κ2) is 8.99. The predicted molar refractivity (Wildman–Crippen MR) is 111 cm³/mol. The number of hydrogen-bond donors (Lipinski definition) is 1. The molecule has 0 atom stereocenters. The molecule has 1 fully saturated rings. The van der Waals surface area contributed by atoms with E-state index in [2.05, 4.69) is 4.98 Å². The number of aromatic nitrogens is 2. The van der Waals surface area contributed by atoms with E-state index in [9.17, 15) is 19.5 Å². The van der Waals surface area contributed by atoms with Crippen molar-refractivity contribution in [1.29, 1.82) is 0 Å². The van der Waals surface area contributed by atoms with Crippen LogP contribution in [-0.2, 0) is 33.0 Å². The Kier molecular flexibility index (Phi) is 6.13. The first kappa shape index (κ1) is 21.8. The monoisotopic (exact) mass is 443 g/mol. The van der Waals surface area contributed by atoms with Crippen LogP contribution >= 0.6 is 0 Å². The number of ether oxygens (including phenoxy) is 3. The third-order valence-corrected chi connectivity index (χ3v) is 5.75. The molecule has 0 saturated carbocycles. The van der Waals surface area contributed by atoms with Gasteiger partial charge in [-0.05, 0) is 12.5 Å². The van der Waals surface area contributed by atoms with Gasteiger partial charge in [0.05, 0.1) is 19.8 Å². The summed E-state index contributed by atoms with van der Waals surface area (Å²) in [5, 5.41) is 10.2. The molecule has 1 saturated heterocycles. The zero-order valence-corrected chi connectivity index (χ0v) is 17.8. The Morgan fingerprint density at radius 2 is 1.88 bits per heavy atom. The van der Waals surface area contributed by atoms with E-state index in [1.807, 2.05) is 30.3 Å². The number of carbonyl (C=O) groups is 2. The second-order valence-electron chi connectivity index (χ2n) is 7.68. The first-order valence-electron chi connectivity index (χ1n) is 10.6. The molecule has 1 aromatic heterocycles. The maximum absolute atomic E-state index is 12.7. The lowest BCUT2D eigenvalue weighted by Gasteiger charge is -2.43. The number of esters is 1. The van der Waals surface area contributed by atoms with Gasteiger partial charge in [-0.25, -0.2) is 14.6 Å². The van der Waals surface area contributed by atoms with Crippen LogP contribution in [0.4, 0.5) is 4.79 Å². The average molecular weight is 443 g/mol. The molecule has 2 aliphatic rings. The van der Waals surface area contributed by atoms with Gasteiger partial charge in [-0.1, -0.05) is 30.3 Å². The van der Waals surface area contributed by atoms with Gasteiger partial charge in [-0.3, -0.25) is 9.36 Å². The molecule has 0 unspecified atom stereocenters. The Labute approximate surface area is 184 Å². The Hall–Kier alpha value is -3.40. The van der Waals surface area contributed by atoms with Gasteiger partial charge in [0, 0.05) is 25.9 Å². The largest absolute Gasteiger partial charge is 0.501 e. The van der Waals surface area contributed by atoms with Crippen molar-refractivity contribution in [3.05, 3.63) is 57.8 Å². The zero-order valence-electron chi connectivity index (χ0n) is 17.8. The van der Waals surface area contributed by atoms with Crippen LogP contribution in [0.25, 0.3) is 0 Å². The Morgan fingerprint density at radius 3 is 2.56 bits per heavy atom. The summed E-state index contributed by atoms with van der Waals surface area (Å²) in [6, 6.07) is 9.41. The number of benzene rings is 1. The van der Waals surface area contributed by atoms with Crippen molar-refractivity contribution in [1.82, 2.24) is 14.5 Å². The lowest BCUT2D eigenvalue weighted by atomic mass is 9.89. The summed E-state index contributed by atoms with van der Waals surface area (Å²) in [6.07, 6.45) is 0.308. The van der Waals surface area contributed by atoms with Crippen LogP contribution in [0.15, 0.2) is 35.1 Å². The van der Waals surface area contributed by atoms with Crippen LogP contribution in [0.1, 0.15) is 41.6 Å². The molecule has 1 aromatic carbocycles. The van der Waals surface area contributed by atoms with Crippen molar-refractivity contribution in [3.8, 4) is 5.75 Å². The van der Waals surface area contributed by atoms with Gasteiger partial charge in [0.25, 0.3) is 5.56 Å². The SMILES string of the molecule is CCOC(=O)c1nc2n(c(=O)c1O)CCOC21CCN(C(=O)OCc2ccccc2)CC1. The summed E-state index contributed by atoms with van der Waals surface area (Å²) in [5.74, 6) is -1.33. The standard InChI is InChI=1S/C22H25N3O7/c1-2-30-19(28)16-17(26)18(27)25-12-13-32-22(20(25)23-16)8-10-24(11-9-22)21(29)31-14-15-6-4-3-5-7-15/h3-7,26H,2,8-14H2,1H3. The number of likely N-dealkylation sites (tertiary alicyclic amines) is 1. The number of carbonyl (C=O) groups excluding carboxylic acids is 2. The van der Waals surface area contributed by atoms with Gasteiger partial charge in [-0.2, -0.15) is 0 Å². The molecule has 4 rings (SSSR count). The molecule has 10 heteroatoms. The van der Waals surface area contributed by atoms with Crippen molar-refractivity contribution in [2.75, 3.05) is 26.3 Å². The first-order valence-corrected chi connectivity index (χ1v) is 10.6. The summed E-state index contributed by atoms with van der Waals surface area (Å²) < 4.78 is 17.7. The van der Waals surface area contributed by atoms with E-state index in [4.69, 9.17) is 14.2 Å². The van der Waals surface area contributed by atoms with Crippen LogP contribution in [0.5, 0.6) is 5.75 Å². The minimum Gasteiger partial charge on any atom is -0.501 e. The van der Waals surface area contributed by atoms with Crippen molar-refractivity contribution in [2.45, 2.75) is 38.5 Å².